The third kappa shape index (κ3) is 2.89. The van der Waals surface area contributed by atoms with E-state index in [0.29, 0.717) is 0 Å². The van der Waals surface area contributed by atoms with E-state index < -0.39 is 0 Å². The van der Waals surface area contributed by atoms with Crippen LogP contribution in [0.15, 0.2) is 55.7 Å². The minimum absolute atomic E-state index is 0.237. The molecule has 0 saturated heterocycles. The molecule has 0 aromatic heterocycles. The highest BCUT2D eigenvalue weighted by Gasteiger charge is 2.75. The Morgan fingerprint density at radius 2 is 0.120 bits per heavy atom. The highest BCUT2D eigenvalue weighted by molar-refractivity contribution is 6.88. The van der Waals surface area contributed by atoms with E-state index in [4.69, 9.17) is 0 Å². The maximum absolute atomic E-state index is 1.90. The topological polar surface area (TPSA) is 0 Å². The summed E-state index contributed by atoms with van der Waals surface area (Å²) in [6.45, 7) is 0. The van der Waals surface area contributed by atoms with Crippen LogP contribution in [0.25, 0.3) is 582 Å². The minimum Gasteiger partial charge on any atom is -0.0653 e. The summed E-state index contributed by atoms with van der Waals surface area (Å²) in [5.74, 6) is 0. The van der Waals surface area contributed by atoms with Gasteiger partial charge in [-0.25, -0.2) is 0 Å². The Hall–Kier alpha value is -16.4. The van der Waals surface area contributed by atoms with Gasteiger partial charge in [0.05, 0.1) is 0 Å². The van der Waals surface area contributed by atoms with Crippen LogP contribution in [0.2, 0.25) is 0 Å². The number of benzene rings is 36. The van der Waals surface area contributed by atoms with E-state index in [1.54, 1.807) is 582 Å². The van der Waals surface area contributed by atoms with E-state index >= 15 is 0 Å². The van der Waals surface area contributed by atoms with Crippen LogP contribution in [0.1, 0.15) is 122 Å². The molecule has 142 heavy (non-hydrogen) atoms. The molecule has 56 aromatic carbocycles. The summed E-state index contributed by atoms with van der Waals surface area (Å²) >= 11 is 0. The van der Waals surface area contributed by atoms with Crippen LogP contribution in [0.4, 0.5) is 0 Å². The van der Waals surface area contributed by atoms with E-state index in [1.165, 1.54) is 77.0 Å². The van der Waals surface area contributed by atoms with Gasteiger partial charge in [-0.2, -0.15) is 0 Å². The molecule has 0 amide bonds. The van der Waals surface area contributed by atoms with Gasteiger partial charge in [0.15, 0.2) is 0 Å². The van der Waals surface area contributed by atoms with Crippen molar-refractivity contribution in [3.05, 3.63) is 100 Å². The fraction of sp³-hybridized carbons (Fsp3) is 0.113. The molecule has 0 radical (unpaired) electrons. The molecule has 14 aliphatic rings. The van der Waals surface area contributed by atoms with Crippen LogP contribution in [-0.4, -0.2) is 0 Å². The van der Waals surface area contributed by atoms with Crippen LogP contribution < -0.4 is 0 Å². The lowest BCUT2D eigenvalue weighted by Crippen LogP contribution is -2.54. The first kappa shape index (κ1) is 52.6. The van der Waals surface area contributed by atoms with Gasteiger partial charge in [0.1, 0.15) is 0 Å². The van der Waals surface area contributed by atoms with Crippen molar-refractivity contribution in [1.29, 1.82) is 0 Å². The third-order valence-electron chi connectivity index (χ3n) is 55.2. The second kappa shape index (κ2) is 12.0. The Kier molecular flexibility index (Phi) is 4.46. The van der Waals surface area contributed by atoms with Gasteiger partial charge in [-0.1, -0.05) is 55.7 Å². The lowest BCUT2D eigenvalue weighted by atomic mass is 9.42. The van der Waals surface area contributed by atoms with Gasteiger partial charge in [-0.3, -0.25) is 0 Å². The maximum Gasteiger partial charge on any atom is 0.0406 e. The Morgan fingerprint density at radius 3 is 0.190 bits per heavy atom. The fourth-order valence-corrected chi connectivity index (χ4v) is 54.9. The van der Waals surface area contributed by atoms with Crippen molar-refractivity contribution in [1.82, 2.24) is 0 Å². The van der Waals surface area contributed by atoms with Crippen molar-refractivity contribution < 1.29 is 0 Å². The van der Waals surface area contributed by atoms with Crippen molar-refractivity contribution in [2.45, 2.75) is 98.7 Å². The van der Waals surface area contributed by atoms with Crippen LogP contribution in [0, 0.1) is 0 Å². The first-order chi connectivity index (χ1) is 70.7. The molecule has 4 spiro atoms. The molecule has 0 atom stereocenters. The molecule has 0 aliphatic heterocycles. The average molecular weight is 1730 g/mol. The molecule has 0 saturated carbocycles. The van der Waals surface area contributed by atoms with Crippen molar-refractivity contribution in [3.63, 3.8) is 0 Å². The summed E-state index contributed by atoms with van der Waals surface area (Å²) in [6.07, 6.45) is 14.3. The summed E-state index contributed by atoms with van der Waals surface area (Å²) < 4.78 is 0. The van der Waals surface area contributed by atoms with Crippen LogP contribution in [0.3, 0.4) is 0 Å². The van der Waals surface area contributed by atoms with Crippen molar-refractivity contribution in [2.75, 3.05) is 0 Å². The van der Waals surface area contributed by atoms with Gasteiger partial charge in [-0.05, 0) is 703 Å². The lowest BCUT2D eigenvalue weighted by Gasteiger charge is -2.59. The van der Waals surface area contributed by atoms with Gasteiger partial charge < -0.3 is 0 Å². The Labute approximate surface area is 774 Å². The molecule has 56 aromatic rings. The normalized spacial score (nSPS) is 24.7. The SMILES string of the molecule is C1C2=C(CC3=C1CC1=C(C3)CC34c5c6c7c8c9c%10c(c%11c%12c3c3c5c5c%13c6c6c7c7c9c9c%14c%10c%10c%11c%11c%12c%12c3c3c5c5c%13c%13c6c6c7c9c7c9c%14c%10c%10c%11c%11c%12c3c3c5c5c%13c6c7c6c9c%10c%11c3c56)C84C1)CC1=C(C2)CC2=C(C1)CC13c4c5c6c7c8c9c(c%10c%11c1c1c4c4c%12c5c5c6c6c8c8c%13c9c9c%10c%10c%11c%11c1c1c4c4c%12c%12c5c5c6c8c6c8c%13c9c9c%10c%10c%11c1c1c4c4c%12c5c6c5c8c9c%10c1c45)C73C2. The molecule has 14 aliphatic carbocycles. The standard InChI is InChI=1S/C142H24/c1-13-2-17-7-21-11-141-135-119-103-83-63-47-31-25-26-33-41-39(31)55-69-57(41)77-65-49(33)50-34(26)42-40-32(25)48(47)64-76-56(40)70-58(42)78-66(50)86-85(65)105-93(77)113-97(69)111(91(103)75(55)63)127(135)129(113)137-121(105)122-106(86)94(78)114-98(70)112-92(76)104(84(64)83)120(119)136(141)128(112)130(114)138(122)142(137,141)12-22(21)8-18(17)4-14(13)3-16-6-20-10-140-133-117-101-81-61-45-29-24-23-27-35-37(29)53-67-51(35)71-59-43(27)44-28(23)36-38-30(24)46(45)62-74-54(38)68-52(36)72-60(44)80-79(59)99-87(71)107-95(67)109(89(101)73(53)61)125(133)123(107)131-115(99)116-100(80)88(72)108-96(68)110-90(74)102(82(62)81)118(117)134(140)126(110)124(108)132(116)139(131,140)9-19(20)5-15(1)16/h1-12H2. The largest absolute Gasteiger partial charge is 0.0653 e. The molecular formula is C142H24. The van der Waals surface area contributed by atoms with Crippen LogP contribution >= 0.6 is 0 Å². The molecule has 0 fully saturated rings. The van der Waals surface area contributed by atoms with E-state index in [1.807, 2.05) is 100 Å². The fourth-order valence-electron chi connectivity index (χ4n) is 54.9. The smallest absolute Gasteiger partial charge is 0.0406 e. The quantitative estimate of drug-likeness (QED) is 0.105. The van der Waals surface area contributed by atoms with E-state index in [0.717, 1.165) is 0 Å². The van der Waals surface area contributed by atoms with E-state index in [-0.39, 0.29) is 21.7 Å². The second-order valence-corrected chi connectivity index (χ2v) is 55.3. The highest BCUT2D eigenvalue weighted by Crippen LogP contribution is 2.93. The van der Waals surface area contributed by atoms with Gasteiger partial charge in [-0.15, -0.1) is 0 Å². The molecule has 0 bridgehead atoms. The van der Waals surface area contributed by atoms with Crippen molar-refractivity contribution in [3.8, 4) is 0 Å². The Morgan fingerprint density at radius 1 is 0.0634 bits per heavy atom. The molecule has 0 unspecified atom stereocenters. The van der Waals surface area contributed by atoms with Crippen LogP contribution in [-0.2, 0) is 21.7 Å². The van der Waals surface area contributed by atoms with Gasteiger partial charge in [0, 0.05) is 21.7 Å². The molecule has 0 N–H and O–H groups in total. The summed E-state index contributed by atoms with van der Waals surface area (Å²) in [5, 5.41) is 186. The zero-order valence-electron chi connectivity index (χ0n) is 73.5. The van der Waals surface area contributed by atoms with Gasteiger partial charge in [0.25, 0.3) is 0 Å². The monoisotopic (exact) mass is 1730 g/mol. The molecule has 0 nitrogen and oxygen atoms in total. The summed E-state index contributed by atoms with van der Waals surface area (Å²) in [5.41, 5.74) is 32.9. The zero-order valence-corrected chi connectivity index (χ0v) is 73.5. The summed E-state index contributed by atoms with van der Waals surface area (Å²) in [6, 6.07) is 0. The number of rotatable bonds is 0. The first-order valence-corrected chi connectivity index (χ1v) is 54.7. The summed E-state index contributed by atoms with van der Waals surface area (Å²) in [7, 11) is 0. The molecule has 592 valence electrons. The Bertz CT molecular complexity index is 14800. The minimum atomic E-state index is -0.237. The molecular weight excluding hydrogens is 1710 g/mol. The van der Waals surface area contributed by atoms with Gasteiger partial charge >= 0.3 is 0 Å². The number of allylic oxidation sites excluding steroid dienone is 10. The average Bonchev–Trinajstić information content (AvgIpc) is 1.38. The van der Waals surface area contributed by atoms with Crippen molar-refractivity contribution >= 4 is 582 Å². The number of hydrogen-bond donors (Lipinski definition) is 0. The third-order valence-corrected chi connectivity index (χ3v) is 55.2. The maximum atomic E-state index is 1.90. The Balaban J connectivity index is 0.437. The van der Waals surface area contributed by atoms with E-state index in [2.05, 4.69) is 0 Å². The second-order valence-electron chi connectivity index (χ2n) is 55.3. The molecule has 0 heterocycles. The van der Waals surface area contributed by atoms with E-state index in [9.17, 15) is 0 Å². The predicted molar refractivity (Wildman–Crippen MR) is 598 cm³/mol. The molecule has 70 rings (SSSR count). The zero-order chi connectivity index (χ0) is 83.2. The predicted octanol–water partition coefficient (Wildman–Crippen LogP) is 38.8. The first-order valence-electron chi connectivity index (χ1n) is 54.7. The number of hydrogen-bond acceptors (Lipinski definition) is 0. The van der Waals surface area contributed by atoms with Gasteiger partial charge in [0.2, 0.25) is 0 Å². The summed E-state index contributed by atoms with van der Waals surface area (Å²) in [4.78, 5) is 0. The van der Waals surface area contributed by atoms with Crippen molar-refractivity contribution in [2.24, 2.45) is 0 Å². The lowest BCUT2D eigenvalue weighted by molar-refractivity contribution is 0.289. The van der Waals surface area contributed by atoms with Crippen LogP contribution in [0.5, 0.6) is 0 Å². The highest BCUT2D eigenvalue weighted by atomic mass is 14.8. The molecule has 0 heteroatoms.